The lowest BCUT2D eigenvalue weighted by molar-refractivity contribution is 0.103. The van der Waals surface area contributed by atoms with Gasteiger partial charge < -0.3 is 0 Å². The molecule has 63 heavy (non-hydrogen) atoms. The minimum atomic E-state index is -1.19. The normalized spacial score (nSPS) is 21.5. The summed E-state index contributed by atoms with van der Waals surface area (Å²) in [6.07, 6.45) is 15.1. The van der Waals surface area contributed by atoms with Gasteiger partial charge >= 0.3 is 0 Å². The van der Waals surface area contributed by atoms with Crippen molar-refractivity contribution in [3.8, 4) is 21.9 Å². The number of nitrogens with zero attached hydrogens (tertiary/aromatic N) is 4. The van der Waals surface area contributed by atoms with E-state index >= 15 is 0 Å². The molecule has 0 amide bonds. The molecular weight excluding hydrogens is 861 g/mol. The number of thiophene rings is 3. The number of benzene rings is 2. The molecule has 2 saturated carbocycles. The van der Waals surface area contributed by atoms with Crippen molar-refractivity contribution < 1.29 is 27.2 Å². The van der Waals surface area contributed by atoms with E-state index in [9.17, 15) is 37.7 Å². The molecule has 0 aliphatic heterocycles. The topological polar surface area (TPSA) is 90.4 Å². The second-order valence-corrected chi connectivity index (χ2v) is 20.1. The smallest absolute Gasteiger partial charge is 0.270 e. The number of fused-ring (bicyclic) bond motifs is 12. The average molecular weight is 889 g/mol. The van der Waals surface area contributed by atoms with Gasteiger partial charge in [-0.1, -0.05) is 38.5 Å². The highest BCUT2D eigenvalue weighted by Crippen LogP contribution is 2.69. The van der Waals surface area contributed by atoms with Crippen LogP contribution in [0.25, 0.3) is 52.1 Å². The summed E-state index contributed by atoms with van der Waals surface area (Å²) in [6.45, 7) is 15.4. The number of hydrogen-bond acceptors (Lipinski definition) is 7. The van der Waals surface area contributed by atoms with E-state index in [2.05, 4.69) is 15.8 Å². The molecule has 11 rings (SSSR count). The monoisotopic (exact) mass is 888 g/mol. The Morgan fingerprint density at radius 2 is 1.11 bits per heavy atom. The van der Waals surface area contributed by atoms with Crippen molar-refractivity contribution in [3.05, 3.63) is 159 Å². The predicted molar refractivity (Wildman–Crippen MR) is 235 cm³/mol. The zero-order valence-corrected chi connectivity index (χ0v) is 35.5. The maximum absolute atomic E-state index is 14.7. The van der Waals surface area contributed by atoms with E-state index in [0.717, 1.165) is 108 Å². The molecule has 2 aromatic carbocycles. The zero-order chi connectivity index (χ0) is 43.7. The zero-order valence-electron chi connectivity index (χ0n) is 33.0. The van der Waals surface area contributed by atoms with Crippen LogP contribution in [0, 0.1) is 59.1 Å². The van der Waals surface area contributed by atoms with Crippen molar-refractivity contribution in [2.75, 3.05) is 0 Å². The Morgan fingerprint density at radius 3 is 1.63 bits per heavy atom. The van der Waals surface area contributed by atoms with Crippen LogP contribution in [0.3, 0.4) is 0 Å². The molecule has 5 aromatic rings. The Morgan fingerprint density at radius 1 is 0.619 bits per heavy atom. The number of ketones is 2. The fraction of sp³-hybridized carbons (Fsp3) is 0.240. The van der Waals surface area contributed by atoms with E-state index < -0.39 is 40.3 Å². The van der Waals surface area contributed by atoms with Crippen LogP contribution in [0.5, 0.6) is 0 Å². The molecule has 2 spiro atoms. The largest absolute Gasteiger partial charge is 0.289 e. The highest BCUT2D eigenvalue weighted by atomic mass is 32.1. The predicted octanol–water partition coefficient (Wildman–Crippen LogP) is 13.8. The third kappa shape index (κ3) is 5.28. The van der Waals surface area contributed by atoms with Crippen molar-refractivity contribution in [1.82, 2.24) is 0 Å². The van der Waals surface area contributed by atoms with Crippen molar-refractivity contribution in [3.63, 3.8) is 0 Å². The molecule has 13 heteroatoms. The molecule has 306 valence electrons. The number of nitriles is 2. The molecule has 2 fully saturated rings. The van der Waals surface area contributed by atoms with E-state index in [1.165, 1.54) is 37.8 Å². The molecule has 3 heterocycles. The molecule has 3 aromatic heterocycles. The Bertz CT molecular complexity index is 3350. The molecule has 0 atom stereocenters. The van der Waals surface area contributed by atoms with Gasteiger partial charge in [-0.3, -0.25) is 9.59 Å². The number of hydrogen-bond donors (Lipinski definition) is 0. The number of Topliss-reactive ketones (excluding diaryl/α,β-unsaturated/α-hetero) is 2. The fourth-order valence-corrected chi connectivity index (χ4v) is 15.7. The van der Waals surface area contributed by atoms with Crippen molar-refractivity contribution >= 4 is 78.3 Å². The van der Waals surface area contributed by atoms with Gasteiger partial charge in [0.15, 0.2) is 34.8 Å². The van der Waals surface area contributed by atoms with Crippen molar-refractivity contribution in [2.24, 2.45) is 0 Å². The van der Waals surface area contributed by atoms with Gasteiger partial charge in [-0.15, -0.1) is 34.0 Å². The van der Waals surface area contributed by atoms with Gasteiger partial charge in [-0.05, 0) is 102 Å². The molecule has 0 bridgehead atoms. The van der Waals surface area contributed by atoms with E-state index in [1.807, 2.05) is 18.2 Å². The van der Waals surface area contributed by atoms with E-state index in [-0.39, 0.29) is 61.4 Å². The molecule has 6 aliphatic carbocycles. The lowest BCUT2D eigenvalue weighted by Crippen LogP contribution is -2.35. The number of carbonyl (C=O) groups is 2. The number of halogens is 4. The van der Waals surface area contributed by atoms with Crippen molar-refractivity contribution in [1.29, 1.82) is 10.5 Å². The highest BCUT2D eigenvalue weighted by Gasteiger charge is 2.55. The van der Waals surface area contributed by atoms with Crippen LogP contribution in [0.15, 0.2) is 64.5 Å². The summed E-state index contributed by atoms with van der Waals surface area (Å²) in [5.41, 5.74) is 3.27. The maximum atomic E-state index is 14.7. The summed E-state index contributed by atoms with van der Waals surface area (Å²) in [4.78, 5) is 39.0. The summed E-state index contributed by atoms with van der Waals surface area (Å²) in [7, 11) is 0. The van der Waals surface area contributed by atoms with Crippen LogP contribution in [-0.4, -0.2) is 11.6 Å². The summed E-state index contributed by atoms with van der Waals surface area (Å²) in [5.74, 6) is -5.86. The van der Waals surface area contributed by atoms with Crippen LogP contribution in [-0.2, 0) is 10.8 Å². The first-order valence-electron chi connectivity index (χ1n) is 20.5. The van der Waals surface area contributed by atoms with Crippen LogP contribution < -0.4 is 0 Å². The number of allylic oxidation sites excluding steroid dienone is 8. The lowest BCUT2D eigenvalue weighted by atomic mass is 9.61. The third-order valence-corrected chi connectivity index (χ3v) is 17.6. The van der Waals surface area contributed by atoms with Gasteiger partial charge in [0.1, 0.15) is 0 Å². The van der Waals surface area contributed by atoms with Crippen LogP contribution >= 0.6 is 34.0 Å². The second kappa shape index (κ2) is 14.0. The maximum Gasteiger partial charge on any atom is 0.270 e. The standard InChI is InChI=1S/C50H28F4N4O2S3/c1-57-35(21-55)39-25-17-31(51)33(53)19-27(25)44(59)29(39)13-23-14-37-41(49(23)9-5-3-6-10-49)42-47(62-37)48-43(50(42)11-7-4-8-12-50)46-38(63-48)16-24(61-46)15-30-40(36(22-56)58-2)26-18-32(52)34(54)20-28(26)45(30)60/h13-20H,3-12H2/b29-13-,30-15+,39-35+,40-36-. The number of carbonyl (C=O) groups excluding carboxylic acids is 2. The van der Waals surface area contributed by atoms with Gasteiger partial charge in [0.25, 0.3) is 11.4 Å². The molecule has 6 aliphatic rings. The Labute approximate surface area is 370 Å². The molecular formula is C50H28F4N4O2S3. The van der Waals surface area contributed by atoms with Crippen LogP contribution in [0.1, 0.15) is 122 Å². The van der Waals surface area contributed by atoms with E-state index in [4.69, 9.17) is 13.1 Å². The quantitative estimate of drug-likeness (QED) is 0.0764. The van der Waals surface area contributed by atoms with Gasteiger partial charge in [-0.2, -0.15) is 0 Å². The Balaban J connectivity index is 1.07. The number of rotatable bonds is 2. The minimum absolute atomic E-state index is 0.00557. The molecule has 0 saturated heterocycles. The van der Waals surface area contributed by atoms with E-state index in [0.29, 0.717) is 4.88 Å². The Kier molecular flexibility index (Phi) is 8.76. The molecule has 0 radical (unpaired) electrons. The van der Waals surface area contributed by atoms with Crippen LogP contribution in [0.2, 0.25) is 0 Å². The Hall–Kier alpha value is -6.48. The second-order valence-electron chi connectivity index (χ2n) is 16.9. The average Bonchev–Trinajstić information content (AvgIpc) is 4.13. The van der Waals surface area contributed by atoms with Gasteiger partial charge in [-0.25, -0.2) is 37.8 Å². The summed E-state index contributed by atoms with van der Waals surface area (Å²) in [5, 5.41) is 19.9. The van der Waals surface area contributed by atoms with Gasteiger partial charge in [0.2, 0.25) is 0 Å². The lowest BCUT2D eigenvalue weighted by Gasteiger charge is -2.42. The first kappa shape index (κ1) is 39.4. The minimum Gasteiger partial charge on any atom is -0.289 e. The first-order valence-corrected chi connectivity index (χ1v) is 23.0. The molecule has 0 unspecified atom stereocenters. The third-order valence-electron chi connectivity index (χ3n) is 13.9. The summed E-state index contributed by atoms with van der Waals surface area (Å²) < 4.78 is 60.3. The van der Waals surface area contributed by atoms with Gasteiger partial charge in [0, 0.05) is 69.1 Å². The van der Waals surface area contributed by atoms with Crippen molar-refractivity contribution in [2.45, 2.75) is 75.0 Å². The molecule has 6 nitrogen and oxygen atoms in total. The van der Waals surface area contributed by atoms with Gasteiger partial charge in [0.05, 0.1) is 34.9 Å². The molecule has 0 N–H and O–H groups in total. The van der Waals surface area contributed by atoms with E-state index in [1.54, 1.807) is 34.8 Å². The summed E-state index contributed by atoms with van der Waals surface area (Å²) in [6, 6.07) is 9.21. The summed E-state index contributed by atoms with van der Waals surface area (Å²) >= 11 is 4.96. The van der Waals surface area contributed by atoms with Crippen LogP contribution in [0.4, 0.5) is 17.6 Å². The first-order chi connectivity index (χ1) is 30.5. The fourth-order valence-electron chi connectivity index (χ4n) is 11.3. The SMILES string of the molecule is [C-]#[N+]/C(C#N)=C1\C(=C/c2cc3sc4c(c3s2)C2(CCCCC2)c2c-4sc3c2C2(CCCCC2)C(/C=C2\C(=O)c4cc(F)c(F)cc4\C2=C(\C#N)[N+]#[C-])=C3)C(=O)c2cc(F)c(F)cc21. The highest BCUT2D eigenvalue weighted by molar-refractivity contribution is 7.32.